The second kappa shape index (κ2) is 7.93. The number of nitrogens with zero attached hydrogens (tertiary/aromatic N) is 3. The van der Waals surface area contributed by atoms with E-state index in [0.29, 0.717) is 5.92 Å². The fourth-order valence-corrected chi connectivity index (χ4v) is 3.23. The summed E-state index contributed by atoms with van der Waals surface area (Å²) < 4.78 is 20.6. The summed E-state index contributed by atoms with van der Waals surface area (Å²) in [6, 6.07) is 6.44. The van der Waals surface area contributed by atoms with Crippen LogP contribution in [0.25, 0.3) is 5.69 Å². The smallest absolute Gasteiger partial charge is 0.152 e. The first-order chi connectivity index (χ1) is 11.3. The topological polar surface area (TPSA) is 39.9 Å². The lowest BCUT2D eigenvalue weighted by atomic mass is 9.98. The van der Waals surface area contributed by atoms with Crippen molar-refractivity contribution in [2.45, 2.75) is 25.7 Å². The zero-order valence-corrected chi connectivity index (χ0v) is 14.2. The second-order valence-corrected chi connectivity index (χ2v) is 6.85. The van der Waals surface area contributed by atoms with Gasteiger partial charge in [0.15, 0.2) is 5.82 Å². The summed E-state index contributed by atoms with van der Waals surface area (Å²) in [6.07, 6.45) is 6.05. The van der Waals surface area contributed by atoms with Gasteiger partial charge in [-0.15, -0.1) is 0 Å². The standard InChI is InChI=1S/C17H22FN3OS/c1-23-10-8-16-19-17(11-13-3-2-9-22-12-13)21(20-16)15-6-4-14(18)5-7-15/h4-7,13H,2-3,8-12H2,1H3. The molecule has 1 aliphatic rings. The Hall–Kier alpha value is -1.40. The average molecular weight is 335 g/mol. The lowest BCUT2D eigenvalue weighted by Gasteiger charge is -2.21. The molecule has 6 heteroatoms. The summed E-state index contributed by atoms with van der Waals surface area (Å²) >= 11 is 1.79. The van der Waals surface area contributed by atoms with Gasteiger partial charge in [-0.1, -0.05) is 0 Å². The van der Waals surface area contributed by atoms with Crippen molar-refractivity contribution in [3.63, 3.8) is 0 Å². The minimum absolute atomic E-state index is 0.237. The van der Waals surface area contributed by atoms with Gasteiger partial charge in [-0.3, -0.25) is 0 Å². The number of aromatic nitrogens is 3. The maximum absolute atomic E-state index is 13.2. The van der Waals surface area contributed by atoms with Crippen molar-refractivity contribution in [2.24, 2.45) is 5.92 Å². The van der Waals surface area contributed by atoms with Gasteiger partial charge in [0.25, 0.3) is 0 Å². The molecule has 4 nitrogen and oxygen atoms in total. The van der Waals surface area contributed by atoms with E-state index in [-0.39, 0.29) is 5.82 Å². The number of hydrogen-bond acceptors (Lipinski definition) is 4. The number of aryl methyl sites for hydroxylation is 1. The van der Waals surface area contributed by atoms with Crippen LogP contribution in [0.2, 0.25) is 0 Å². The molecule has 1 aromatic heterocycles. The van der Waals surface area contributed by atoms with E-state index in [1.54, 1.807) is 23.9 Å². The van der Waals surface area contributed by atoms with Gasteiger partial charge in [0.05, 0.1) is 5.69 Å². The van der Waals surface area contributed by atoms with Crippen LogP contribution in [0.1, 0.15) is 24.5 Å². The quantitative estimate of drug-likeness (QED) is 0.812. The molecule has 1 fully saturated rings. The van der Waals surface area contributed by atoms with E-state index < -0.39 is 0 Å². The summed E-state index contributed by atoms with van der Waals surface area (Å²) in [7, 11) is 0. The molecule has 0 aliphatic carbocycles. The molecule has 3 rings (SSSR count). The summed E-state index contributed by atoms with van der Waals surface area (Å²) in [4.78, 5) is 4.73. The van der Waals surface area contributed by atoms with Crippen LogP contribution in [0, 0.1) is 11.7 Å². The molecule has 2 heterocycles. The predicted octanol–water partition coefficient (Wildman–Crippen LogP) is 3.28. The molecule has 0 radical (unpaired) electrons. The number of rotatable bonds is 6. The summed E-state index contributed by atoms with van der Waals surface area (Å²) in [5.41, 5.74) is 0.862. The van der Waals surface area contributed by atoms with Crippen LogP contribution in [-0.4, -0.2) is 40.0 Å². The van der Waals surface area contributed by atoms with Crippen molar-refractivity contribution in [2.75, 3.05) is 25.2 Å². The Bertz CT molecular complexity index is 623. The van der Waals surface area contributed by atoms with Gasteiger partial charge in [0, 0.05) is 31.8 Å². The maximum atomic E-state index is 13.2. The first-order valence-corrected chi connectivity index (χ1v) is 9.43. The van der Waals surface area contributed by atoms with Crippen LogP contribution >= 0.6 is 11.8 Å². The Morgan fingerprint density at radius 3 is 2.87 bits per heavy atom. The molecule has 0 amide bonds. The van der Waals surface area contributed by atoms with Crippen LogP contribution in [0.4, 0.5) is 4.39 Å². The van der Waals surface area contributed by atoms with Crippen molar-refractivity contribution >= 4 is 11.8 Å². The zero-order chi connectivity index (χ0) is 16.1. The Labute approximate surface area is 140 Å². The van der Waals surface area contributed by atoms with Crippen LogP contribution in [0.15, 0.2) is 24.3 Å². The fourth-order valence-electron chi connectivity index (χ4n) is 2.84. The Morgan fingerprint density at radius 1 is 1.35 bits per heavy atom. The number of hydrogen-bond donors (Lipinski definition) is 0. The molecule has 0 bridgehead atoms. The van der Waals surface area contributed by atoms with E-state index in [1.807, 2.05) is 4.68 Å². The highest BCUT2D eigenvalue weighted by molar-refractivity contribution is 7.98. The van der Waals surface area contributed by atoms with Crippen molar-refractivity contribution in [1.29, 1.82) is 0 Å². The molecule has 23 heavy (non-hydrogen) atoms. The number of ether oxygens (including phenoxy) is 1. The zero-order valence-electron chi connectivity index (χ0n) is 13.4. The molecule has 0 saturated carbocycles. The minimum Gasteiger partial charge on any atom is -0.381 e. The van der Waals surface area contributed by atoms with Gasteiger partial charge < -0.3 is 4.74 Å². The molecule has 1 atom stereocenters. The third kappa shape index (κ3) is 4.32. The van der Waals surface area contributed by atoms with Crippen LogP contribution < -0.4 is 0 Å². The molecular weight excluding hydrogens is 313 g/mol. The largest absolute Gasteiger partial charge is 0.381 e. The summed E-state index contributed by atoms with van der Waals surface area (Å²) in [6.45, 7) is 1.65. The first-order valence-electron chi connectivity index (χ1n) is 8.03. The van der Waals surface area contributed by atoms with Crippen molar-refractivity contribution in [3.8, 4) is 5.69 Å². The van der Waals surface area contributed by atoms with E-state index in [4.69, 9.17) is 9.72 Å². The molecule has 0 spiro atoms. The Morgan fingerprint density at radius 2 is 2.17 bits per heavy atom. The van der Waals surface area contributed by atoms with Gasteiger partial charge in [-0.05, 0) is 49.3 Å². The molecule has 1 saturated heterocycles. The fraction of sp³-hybridized carbons (Fsp3) is 0.529. The second-order valence-electron chi connectivity index (χ2n) is 5.86. The van der Waals surface area contributed by atoms with E-state index in [9.17, 15) is 4.39 Å². The van der Waals surface area contributed by atoms with Crippen molar-refractivity contribution in [1.82, 2.24) is 14.8 Å². The Kier molecular flexibility index (Phi) is 5.67. The summed E-state index contributed by atoms with van der Waals surface area (Å²) in [5.74, 6) is 3.05. The highest BCUT2D eigenvalue weighted by Gasteiger charge is 2.19. The lowest BCUT2D eigenvalue weighted by molar-refractivity contribution is 0.0541. The van der Waals surface area contributed by atoms with E-state index in [0.717, 1.165) is 62.0 Å². The molecule has 1 unspecified atom stereocenters. The van der Waals surface area contributed by atoms with Gasteiger partial charge in [0.2, 0.25) is 0 Å². The lowest BCUT2D eigenvalue weighted by Crippen LogP contribution is -2.21. The highest BCUT2D eigenvalue weighted by atomic mass is 32.2. The van der Waals surface area contributed by atoms with Crippen molar-refractivity contribution < 1.29 is 9.13 Å². The van der Waals surface area contributed by atoms with Gasteiger partial charge in [-0.25, -0.2) is 14.1 Å². The molecular formula is C17H22FN3OS. The predicted molar refractivity (Wildman–Crippen MR) is 90.7 cm³/mol. The third-order valence-electron chi connectivity index (χ3n) is 4.04. The van der Waals surface area contributed by atoms with Gasteiger partial charge in [0.1, 0.15) is 11.6 Å². The van der Waals surface area contributed by atoms with Gasteiger partial charge >= 0.3 is 0 Å². The first kappa shape index (κ1) is 16.5. The highest BCUT2D eigenvalue weighted by Crippen LogP contribution is 2.20. The number of halogens is 1. The third-order valence-corrected chi connectivity index (χ3v) is 4.66. The van der Waals surface area contributed by atoms with E-state index in [2.05, 4.69) is 11.4 Å². The molecule has 1 aliphatic heterocycles. The van der Waals surface area contributed by atoms with Crippen LogP contribution in [-0.2, 0) is 17.6 Å². The van der Waals surface area contributed by atoms with Crippen molar-refractivity contribution in [3.05, 3.63) is 41.7 Å². The SMILES string of the molecule is CSCCc1nc(CC2CCCOC2)n(-c2ccc(F)cc2)n1. The molecule has 0 N–H and O–H groups in total. The van der Waals surface area contributed by atoms with Gasteiger partial charge in [-0.2, -0.15) is 16.9 Å². The summed E-state index contributed by atoms with van der Waals surface area (Å²) in [5, 5.41) is 4.64. The molecule has 1 aromatic carbocycles. The van der Waals surface area contributed by atoms with Crippen LogP contribution in [0.5, 0.6) is 0 Å². The number of thioether (sulfide) groups is 1. The number of benzene rings is 1. The molecule has 124 valence electrons. The van der Waals surface area contributed by atoms with E-state index in [1.165, 1.54) is 12.1 Å². The Balaban J connectivity index is 1.85. The normalized spacial score (nSPS) is 18.3. The van der Waals surface area contributed by atoms with Crippen LogP contribution in [0.3, 0.4) is 0 Å². The minimum atomic E-state index is -0.237. The monoisotopic (exact) mass is 335 g/mol. The van der Waals surface area contributed by atoms with E-state index >= 15 is 0 Å². The average Bonchev–Trinajstić information content (AvgIpc) is 2.97. The molecule has 2 aromatic rings. The maximum Gasteiger partial charge on any atom is 0.152 e.